The molecule has 6 nitrogen and oxygen atoms in total. The molecule has 0 fully saturated rings. The molecule has 1 N–H and O–H groups in total. The Hall–Kier alpha value is -1.42. The summed E-state index contributed by atoms with van der Waals surface area (Å²) < 4.78 is 52.2. The fraction of sp³-hybridized carbons (Fsp3) is 0.333. The molecule has 2 rings (SSSR count). The van der Waals surface area contributed by atoms with Gasteiger partial charge in [-0.25, -0.2) is 21.6 Å². The molecule has 0 saturated carbocycles. The van der Waals surface area contributed by atoms with Crippen molar-refractivity contribution < 1.29 is 16.8 Å². The Morgan fingerprint density at radius 3 is 2.21 bits per heavy atom. The van der Waals surface area contributed by atoms with Gasteiger partial charge in [-0.15, -0.1) is 11.3 Å². The van der Waals surface area contributed by atoms with Gasteiger partial charge in [0.05, 0.1) is 11.9 Å². The van der Waals surface area contributed by atoms with Crippen LogP contribution < -0.4 is 9.03 Å². The number of aryl methyl sites for hydroxylation is 2. The maximum atomic E-state index is 12.1. The molecule has 9 heteroatoms. The van der Waals surface area contributed by atoms with Crippen LogP contribution in [0.15, 0.2) is 39.9 Å². The van der Waals surface area contributed by atoms with Crippen molar-refractivity contribution in [3.63, 3.8) is 0 Å². The van der Waals surface area contributed by atoms with Crippen LogP contribution in [0.25, 0.3) is 0 Å². The minimum atomic E-state index is -3.61. The van der Waals surface area contributed by atoms with Gasteiger partial charge in [-0.3, -0.25) is 4.31 Å². The molecule has 1 aromatic carbocycles. The van der Waals surface area contributed by atoms with Crippen molar-refractivity contribution in [2.24, 2.45) is 0 Å². The summed E-state index contributed by atoms with van der Waals surface area (Å²) in [7, 11) is -7.13. The lowest BCUT2D eigenvalue weighted by molar-refractivity contribution is 0.580. The van der Waals surface area contributed by atoms with Gasteiger partial charge in [-0.2, -0.15) is 0 Å². The minimum Gasteiger partial charge on any atom is -0.269 e. The van der Waals surface area contributed by atoms with E-state index in [-0.39, 0.29) is 17.3 Å². The summed E-state index contributed by atoms with van der Waals surface area (Å²) in [5.74, 6) is 0. The fourth-order valence-electron chi connectivity index (χ4n) is 2.35. The molecular weight excluding hydrogens is 368 g/mol. The van der Waals surface area contributed by atoms with Crippen LogP contribution in [0.2, 0.25) is 0 Å². The second-order valence-electron chi connectivity index (χ2n) is 5.51. The zero-order valence-corrected chi connectivity index (χ0v) is 16.1. The van der Waals surface area contributed by atoms with E-state index < -0.39 is 20.0 Å². The van der Waals surface area contributed by atoms with E-state index in [2.05, 4.69) is 4.72 Å². The number of hydrogen-bond acceptors (Lipinski definition) is 5. The molecule has 0 aliphatic rings. The highest BCUT2D eigenvalue weighted by Crippen LogP contribution is 2.21. The summed E-state index contributed by atoms with van der Waals surface area (Å²) in [4.78, 5) is 0. The number of rotatable bonds is 7. The fourth-order valence-corrected chi connectivity index (χ4v) is 5.32. The first kappa shape index (κ1) is 18.9. The van der Waals surface area contributed by atoms with Crippen LogP contribution in [0.1, 0.15) is 11.1 Å². The van der Waals surface area contributed by atoms with Gasteiger partial charge in [-0.1, -0.05) is 12.1 Å². The van der Waals surface area contributed by atoms with Gasteiger partial charge in [0, 0.05) is 13.1 Å². The van der Waals surface area contributed by atoms with Gasteiger partial charge in [0.15, 0.2) is 0 Å². The third kappa shape index (κ3) is 4.79. The zero-order chi connectivity index (χ0) is 18.0. The zero-order valence-electron chi connectivity index (χ0n) is 13.7. The van der Waals surface area contributed by atoms with E-state index >= 15 is 0 Å². The van der Waals surface area contributed by atoms with E-state index in [0.717, 1.165) is 28.7 Å². The Balaban J connectivity index is 2.17. The smallest absolute Gasteiger partial charge is 0.250 e. The van der Waals surface area contributed by atoms with Gasteiger partial charge in [0.2, 0.25) is 20.0 Å². The summed E-state index contributed by atoms with van der Waals surface area (Å²) in [6.07, 6.45) is 1.11. The van der Waals surface area contributed by atoms with Crippen molar-refractivity contribution in [2.75, 3.05) is 23.7 Å². The number of nitrogens with one attached hydrogen (secondary N) is 1. The first-order valence-electron chi connectivity index (χ1n) is 7.19. The van der Waals surface area contributed by atoms with Crippen LogP contribution in [-0.4, -0.2) is 36.2 Å². The topological polar surface area (TPSA) is 83.6 Å². The van der Waals surface area contributed by atoms with Crippen molar-refractivity contribution in [1.29, 1.82) is 0 Å². The molecule has 0 unspecified atom stereocenters. The van der Waals surface area contributed by atoms with Crippen LogP contribution in [-0.2, 0) is 20.0 Å². The van der Waals surface area contributed by atoms with Crippen LogP contribution in [0.3, 0.4) is 0 Å². The Labute approximate surface area is 147 Å². The lowest BCUT2D eigenvalue weighted by atomic mass is 10.1. The van der Waals surface area contributed by atoms with Crippen LogP contribution >= 0.6 is 11.3 Å². The van der Waals surface area contributed by atoms with Crippen molar-refractivity contribution >= 4 is 37.1 Å². The molecule has 0 bridgehead atoms. The second kappa shape index (κ2) is 7.22. The number of nitrogens with zero attached hydrogens (tertiary/aromatic N) is 1. The molecule has 0 radical (unpaired) electrons. The van der Waals surface area contributed by atoms with Crippen LogP contribution in [0.5, 0.6) is 0 Å². The molecule has 1 aromatic heterocycles. The SMILES string of the molecule is Cc1cc(C)cc(N(CCNS(=O)(=O)c2cccs2)S(C)(=O)=O)c1. The quantitative estimate of drug-likeness (QED) is 0.787. The van der Waals surface area contributed by atoms with E-state index in [0.29, 0.717) is 5.69 Å². The van der Waals surface area contributed by atoms with Gasteiger partial charge in [0.25, 0.3) is 0 Å². The first-order valence-corrected chi connectivity index (χ1v) is 11.4. The van der Waals surface area contributed by atoms with E-state index in [1.165, 1.54) is 10.4 Å². The third-order valence-electron chi connectivity index (χ3n) is 3.26. The number of benzene rings is 1. The minimum absolute atomic E-state index is 0.0136. The highest BCUT2D eigenvalue weighted by molar-refractivity contribution is 7.92. The van der Waals surface area contributed by atoms with Gasteiger partial charge >= 0.3 is 0 Å². The summed E-state index contributed by atoms with van der Waals surface area (Å²) in [5, 5.41) is 1.67. The van der Waals surface area contributed by atoms with Gasteiger partial charge in [-0.05, 0) is 48.6 Å². The standard InChI is InChI=1S/C15H20N2O4S3/c1-12-9-13(2)11-14(10-12)17(23(3,18)19)7-6-16-24(20,21)15-5-4-8-22-15/h4-5,8-11,16H,6-7H2,1-3H3. The number of sulfonamides is 2. The molecule has 0 amide bonds. The normalized spacial score (nSPS) is 12.3. The van der Waals surface area contributed by atoms with Crippen molar-refractivity contribution in [2.45, 2.75) is 18.1 Å². The highest BCUT2D eigenvalue weighted by Gasteiger charge is 2.20. The van der Waals surface area contributed by atoms with Crippen LogP contribution in [0.4, 0.5) is 5.69 Å². The predicted molar refractivity (Wildman–Crippen MR) is 97.6 cm³/mol. The maximum absolute atomic E-state index is 12.1. The summed E-state index contributed by atoms with van der Waals surface area (Å²) >= 11 is 1.11. The highest BCUT2D eigenvalue weighted by atomic mass is 32.2. The molecule has 0 aliphatic heterocycles. The number of hydrogen-bond donors (Lipinski definition) is 1. The lowest BCUT2D eigenvalue weighted by Gasteiger charge is -2.23. The van der Waals surface area contributed by atoms with Crippen molar-refractivity contribution in [3.8, 4) is 0 Å². The Bertz CT molecular complexity index is 884. The average molecular weight is 389 g/mol. The summed E-state index contributed by atoms with van der Waals surface area (Å²) in [5.41, 5.74) is 2.42. The Kier molecular flexibility index (Phi) is 5.69. The predicted octanol–water partition coefficient (Wildman–Crippen LogP) is 2.11. The van der Waals surface area contributed by atoms with Gasteiger partial charge < -0.3 is 0 Å². The number of anilines is 1. The molecular formula is C15H20N2O4S3. The van der Waals surface area contributed by atoms with Crippen LogP contribution in [0, 0.1) is 13.8 Å². The summed E-state index contributed by atoms with van der Waals surface area (Å²) in [6, 6.07) is 8.63. The third-order valence-corrected chi connectivity index (χ3v) is 7.31. The molecule has 0 aliphatic carbocycles. The molecule has 2 aromatic rings. The average Bonchev–Trinajstić information content (AvgIpc) is 2.95. The Morgan fingerprint density at radius 1 is 1.08 bits per heavy atom. The molecule has 0 atom stereocenters. The van der Waals surface area contributed by atoms with Crippen molar-refractivity contribution in [1.82, 2.24) is 4.72 Å². The Morgan fingerprint density at radius 2 is 1.71 bits per heavy atom. The maximum Gasteiger partial charge on any atom is 0.250 e. The van der Waals surface area contributed by atoms with E-state index in [9.17, 15) is 16.8 Å². The van der Waals surface area contributed by atoms with E-state index in [4.69, 9.17) is 0 Å². The largest absolute Gasteiger partial charge is 0.269 e. The van der Waals surface area contributed by atoms with E-state index in [1.54, 1.807) is 23.6 Å². The van der Waals surface area contributed by atoms with E-state index in [1.807, 2.05) is 19.9 Å². The monoisotopic (exact) mass is 388 g/mol. The first-order chi connectivity index (χ1) is 11.1. The molecule has 1 heterocycles. The molecule has 0 spiro atoms. The van der Waals surface area contributed by atoms with Crippen molar-refractivity contribution in [3.05, 3.63) is 46.8 Å². The molecule has 24 heavy (non-hydrogen) atoms. The molecule has 132 valence electrons. The number of thiophene rings is 1. The second-order valence-corrected chi connectivity index (χ2v) is 10.4. The molecule has 0 saturated heterocycles. The summed E-state index contributed by atoms with van der Waals surface area (Å²) in [6.45, 7) is 3.78. The van der Waals surface area contributed by atoms with Gasteiger partial charge in [0.1, 0.15) is 4.21 Å². The lowest BCUT2D eigenvalue weighted by Crippen LogP contribution is -2.38.